The molecule has 8 nitrogen and oxygen atoms in total. The van der Waals surface area contributed by atoms with Crippen molar-refractivity contribution in [1.82, 2.24) is 0 Å². The van der Waals surface area contributed by atoms with E-state index in [1.165, 1.54) is 6.92 Å². The minimum Gasteiger partial charge on any atom is -0.490 e. The normalized spacial score (nSPS) is 10.2. The lowest BCUT2D eigenvalue weighted by Crippen LogP contribution is -2.13. The Morgan fingerprint density at radius 2 is 2.00 bits per heavy atom. The van der Waals surface area contributed by atoms with Crippen LogP contribution in [0.3, 0.4) is 0 Å². The number of ether oxygens (including phenoxy) is 1. The molecule has 1 amide bonds. The molecule has 0 aromatic heterocycles. The number of carboxylic acid groups (broad SMARTS) is 1. The Labute approximate surface area is 114 Å². The number of nitro groups is 1. The van der Waals surface area contributed by atoms with Gasteiger partial charge in [-0.2, -0.15) is 0 Å². The molecule has 1 aromatic rings. The average Bonchev–Trinajstić information content (AvgIpc) is 2.26. The third kappa shape index (κ3) is 3.67. The zero-order valence-corrected chi connectivity index (χ0v) is 11.2. The molecule has 0 bridgehead atoms. The van der Waals surface area contributed by atoms with Gasteiger partial charge in [-0.05, 0) is 13.8 Å². The zero-order chi connectivity index (χ0) is 15.4. The number of anilines is 1. The molecular weight excluding hydrogens is 268 g/mol. The molecule has 0 saturated carbocycles. The molecule has 8 heteroatoms. The van der Waals surface area contributed by atoms with Crippen LogP contribution in [0.4, 0.5) is 11.4 Å². The lowest BCUT2D eigenvalue weighted by Gasteiger charge is -2.14. The number of hydrogen-bond acceptors (Lipinski definition) is 5. The van der Waals surface area contributed by atoms with Crippen molar-refractivity contribution in [3.05, 3.63) is 27.8 Å². The van der Waals surface area contributed by atoms with E-state index < -0.39 is 22.5 Å². The minimum atomic E-state index is -1.35. The second-order valence-electron chi connectivity index (χ2n) is 4.28. The lowest BCUT2D eigenvalue weighted by molar-refractivity contribution is -0.384. The van der Waals surface area contributed by atoms with E-state index in [2.05, 4.69) is 5.32 Å². The van der Waals surface area contributed by atoms with Crippen LogP contribution in [0.15, 0.2) is 12.1 Å². The van der Waals surface area contributed by atoms with Crippen LogP contribution in [0, 0.1) is 10.1 Å². The van der Waals surface area contributed by atoms with Crippen LogP contribution in [0.5, 0.6) is 5.75 Å². The molecule has 0 fully saturated rings. The molecule has 0 aliphatic rings. The number of hydrogen-bond donors (Lipinski definition) is 2. The van der Waals surface area contributed by atoms with Gasteiger partial charge in [-0.1, -0.05) is 0 Å². The Hall–Kier alpha value is -2.64. The highest BCUT2D eigenvalue weighted by molar-refractivity contribution is 5.96. The summed E-state index contributed by atoms with van der Waals surface area (Å²) in [6.07, 6.45) is -0.320. The number of carbonyl (C=O) groups excluding carboxylic acids is 1. The quantitative estimate of drug-likeness (QED) is 0.630. The zero-order valence-electron chi connectivity index (χ0n) is 11.2. The molecule has 0 aliphatic heterocycles. The van der Waals surface area contributed by atoms with Gasteiger partial charge >= 0.3 is 5.97 Å². The molecule has 0 radical (unpaired) electrons. The van der Waals surface area contributed by atoms with Crippen LogP contribution in [0.2, 0.25) is 0 Å². The highest BCUT2D eigenvalue weighted by Crippen LogP contribution is 2.33. The van der Waals surface area contributed by atoms with E-state index in [1.54, 1.807) is 13.8 Å². The Kier molecular flexibility index (Phi) is 4.63. The van der Waals surface area contributed by atoms with Gasteiger partial charge in [-0.25, -0.2) is 4.79 Å². The molecule has 1 rings (SSSR count). The number of nitrogens with one attached hydrogen (secondary N) is 1. The smallest absolute Gasteiger partial charge is 0.339 e. The molecule has 0 spiro atoms. The third-order valence-corrected chi connectivity index (χ3v) is 2.20. The van der Waals surface area contributed by atoms with E-state index in [1.807, 2.05) is 0 Å². The van der Waals surface area contributed by atoms with Crippen molar-refractivity contribution in [2.24, 2.45) is 0 Å². The van der Waals surface area contributed by atoms with Crippen molar-refractivity contribution in [1.29, 1.82) is 0 Å². The van der Waals surface area contributed by atoms with Crippen LogP contribution in [-0.4, -0.2) is 28.0 Å². The number of nitrogens with zero attached hydrogens (tertiary/aromatic N) is 1. The average molecular weight is 282 g/mol. The molecule has 2 N–H and O–H groups in total. The first-order valence-corrected chi connectivity index (χ1v) is 5.72. The van der Waals surface area contributed by atoms with E-state index in [-0.39, 0.29) is 23.1 Å². The highest BCUT2D eigenvalue weighted by atomic mass is 16.6. The number of carboxylic acids is 1. The van der Waals surface area contributed by atoms with Gasteiger partial charge < -0.3 is 15.2 Å². The predicted molar refractivity (Wildman–Crippen MR) is 70.1 cm³/mol. The second-order valence-corrected chi connectivity index (χ2v) is 4.28. The Morgan fingerprint density at radius 3 is 2.40 bits per heavy atom. The summed E-state index contributed by atoms with van der Waals surface area (Å²) in [5, 5.41) is 22.3. The largest absolute Gasteiger partial charge is 0.490 e. The number of rotatable bonds is 5. The van der Waals surface area contributed by atoms with E-state index in [0.29, 0.717) is 0 Å². The van der Waals surface area contributed by atoms with Gasteiger partial charge in [0.25, 0.3) is 5.69 Å². The summed E-state index contributed by atoms with van der Waals surface area (Å²) >= 11 is 0. The van der Waals surface area contributed by atoms with Gasteiger partial charge in [-0.15, -0.1) is 0 Å². The van der Waals surface area contributed by atoms with E-state index in [0.717, 1.165) is 12.1 Å². The van der Waals surface area contributed by atoms with Crippen molar-refractivity contribution < 1.29 is 24.4 Å². The number of aromatic carboxylic acids is 1. The van der Waals surface area contributed by atoms with Crippen molar-refractivity contribution in [3.63, 3.8) is 0 Å². The molecular formula is C12H14N2O6. The second kappa shape index (κ2) is 6.00. The number of amides is 1. The number of carbonyl (C=O) groups is 2. The monoisotopic (exact) mass is 282 g/mol. The fraction of sp³-hybridized carbons (Fsp3) is 0.333. The topological polar surface area (TPSA) is 119 Å². The summed E-state index contributed by atoms with van der Waals surface area (Å²) in [6.45, 7) is 4.56. The molecule has 0 heterocycles. The van der Waals surface area contributed by atoms with Crippen molar-refractivity contribution in [2.75, 3.05) is 5.32 Å². The predicted octanol–water partition coefficient (Wildman–Crippen LogP) is 2.04. The van der Waals surface area contributed by atoms with Crippen LogP contribution < -0.4 is 10.1 Å². The summed E-state index contributed by atoms with van der Waals surface area (Å²) in [6, 6.07) is 2.01. The molecule has 1 aromatic carbocycles. The maximum Gasteiger partial charge on any atom is 0.339 e. The summed E-state index contributed by atoms with van der Waals surface area (Å²) in [5.74, 6) is -1.90. The third-order valence-electron chi connectivity index (χ3n) is 2.20. The fourth-order valence-electron chi connectivity index (χ4n) is 1.53. The lowest BCUT2D eigenvalue weighted by atomic mass is 10.1. The summed E-state index contributed by atoms with van der Waals surface area (Å²) < 4.78 is 5.31. The van der Waals surface area contributed by atoms with Gasteiger partial charge in [-0.3, -0.25) is 14.9 Å². The Bertz CT molecular complexity index is 567. The van der Waals surface area contributed by atoms with Crippen LogP contribution in [0.25, 0.3) is 0 Å². The maximum atomic E-state index is 11.1. The standard InChI is InChI=1S/C12H14N2O6/c1-6(2)20-11-5-9(13-7(3)15)10(14(18)19)4-8(11)12(16)17/h4-6H,1-3H3,(H,13,15)(H,16,17). The molecule has 0 atom stereocenters. The first-order valence-electron chi connectivity index (χ1n) is 5.72. The number of benzene rings is 1. The summed E-state index contributed by atoms with van der Waals surface area (Å²) in [7, 11) is 0. The SMILES string of the molecule is CC(=O)Nc1cc(OC(C)C)c(C(=O)O)cc1[N+](=O)[O-]. The van der Waals surface area contributed by atoms with E-state index >= 15 is 0 Å². The van der Waals surface area contributed by atoms with Gasteiger partial charge in [0.15, 0.2) is 0 Å². The minimum absolute atomic E-state index is 0.0400. The Morgan fingerprint density at radius 1 is 1.40 bits per heavy atom. The molecule has 20 heavy (non-hydrogen) atoms. The van der Waals surface area contributed by atoms with Crippen LogP contribution in [0.1, 0.15) is 31.1 Å². The first-order chi connectivity index (χ1) is 9.22. The fourth-order valence-corrected chi connectivity index (χ4v) is 1.53. The van der Waals surface area contributed by atoms with Crippen molar-refractivity contribution >= 4 is 23.3 Å². The van der Waals surface area contributed by atoms with Crippen LogP contribution >= 0.6 is 0 Å². The van der Waals surface area contributed by atoms with E-state index in [9.17, 15) is 19.7 Å². The Balaban J connectivity index is 3.46. The van der Waals surface area contributed by atoms with Gasteiger partial charge in [0.1, 0.15) is 17.0 Å². The van der Waals surface area contributed by atoms with Crippen molar-refractivity contribution in [2.45, 2.75) is 26.9 Å². The summed E-state index contributed by atoms with van der Waals surface area (Å²) in [4.78, 5) is 32.3. The van der Waals surface area contributed by atoms with Crippen molar-refractivity contribution in [3.8, 4) is 5.75 Å². The molecule has 108 valence electrons. The van der Waals surface area contributed by atoms with Gasteiger partial charge in [0.2, 0.25) is 5.91 Å². The first kappa shape index (κ1) is 15.4. The van der Waals surface area contributed by atoms with Crippen LogP contribution in [-0.2, 0) is 4.79 Å². The molecule has 0 saturated heterocycles. The van der Waals surface area contributed by atoms with Gasteiger partial charge in [0.05, 0.1) is 11.0 Å². The maximum absolute atomic E-state index is 11.1. The number of nitro benzene ring substituents is 1. The molecule has 0 unspecified atom stereocenters. The summed E-state index contributed by atoms with van der Waals surface area (Å²) in [5.41, 5.74) is -0.948. The van der Waals surface area contributed by atoms with Gasteiger partial charge in [0, 0.05) is 19.1 Å². The molecule has 0 aliphatic carbocycles. The van der Waals surface area contributed by atoms with E-state index in [4.69, 9.17) is 9.84 Å². The highest BCUT2D eigenvalue weighted by Gasteiger charge is 2.23.